The zero-order valence-corrected chi connectivity index (χ0v) is 21.1. The molecule has 5 rings (SSSR count). The van der Waals surface area contributed by atoms with E-state index < -0.39 is 5.25 Å². The zero-order valence-electron chi connectivity index (χ0n) is 20.3. The van der Waals surface area contributed by atoms with E-state index in [4.69, 9.17) is 0 Å². The van der Waals surface area contributed by atoms with Crippen LogP contribution in [0.3, 0.4) is 0 Å². The molecule has 0 aliphatic rings. The van der Waals surface area contributed by atoms with E-state index in [9.17, 15) is 4.79 Å². The van der Waals surface area contributed by atoms with Gasteiger partial charge in [-0.25, -0.2) is 5.43 Å². The first kappa shape index (κ1) is 24.3. The fourth-order valence-electron chi connectivity index (χ4n) is 3.89. The molecule has 37 heavy (non-hydrogen) atoms. The average molecular weight is 507 g/mol. The number of nitrogens with zero attached hydrogens (tertiary/aromatic N) is 4. The number of carbonyl (C=O) groups excluding carboxylic acids is 1. The fourth-order valence-corrected chi connectivity index (χ4v) is 4.77. The fraction of sp³-hybridized carbons (Fsp3) is 0.103. The monoisotopic (exact) mass is 506 g/mol. The standard InChI is InChI=1S/C29H26N6OS/c1-21(28(36)33-31-19-22-11-4-2-5-12-22)37-29-34-32-27(35(29)24-15-6-3-7-16-24)20-30-26-18-10-14-23-13-8-9-17-25(23)26/h2-19,21,30H,20H2,1H3,(H,33,36)/b31-19+. The summed E-state index contributed by atoms with van der Waals surface area (Å²) in [5, 5.41) is 19.0. The number of thioether (sulfide) groups is 1. The van der Waals surface area contributed by atoms with E-state index in [0.29, 0.717) is 11.7 Å². The molecule has 0 radical (unpaired) electrons. The van der Waals surface area contributed by atoms with Crippen LogP contribution in [0.2, 0.25) is 0 Å². The molecule has 0 saturated carbocycles. The molecular weight excluding hydrogens is 480 g/mol. The van der Waals surface area contributed by atoms with Crippen LogP contribution in [0.15, 0.2) is 113 Å². The topological polar surface area (TPSA) is 84.2 Å². The van der Waals surface area contributed by atoms with Gasteiger partial charge in [-0.1, -0.05) is 96.7 Å². The molecule has 1 amide bonds. The molecule has 1 heterocycles. The Bertz CT molecular complexity index is 1510. The molecule has 7 nitrogen and oxygen atoms in total. The number of fused-ring (bicyclic) bond motifs is 1. The van der Waals surface area contributed by atoms with Gasteiger partial charge in [-0.2, -0.15) is 5.10 Å². The molecule has 5 aromatic rings. The first-order valence-electron chi connectivity index (χ1n) is 11.9. The maximum Gasteiger partial charge on any atom is 0.253 e. The van der Waals surface area contributed by atoms with E-state index in [0.717, 1.165) is 28.1 Å². The van der Waals surface area contributed by atoms with Crippen LogP contribution in [-0.2, 0) is 11.3 Å². The van der Waals surface area contributed by atoms with Crippen LogP contribution in [0.5, 0.6) is 0 Å². The number of aromatic nitrogens is 3. The second-order valence-electron chi connectivity index (χ2n) is 8.36. The number of rotatable bonds is 9. The normalized spacial score (nSPS) is 12.0. The van der Waals surface area contributed by atoms with E-state index >= 15 is 0 Å². The summed E-state index contributed by atoms with van der Waals surface area (Å²) in [5.74, 6) is 0.534. The Kier molecular flexibility index (Phi) is 7.57. The summed E-state index contributed by atoms with van der Waals surface area (Å²) in [6, 6.07) is 34.0. The Morgan fingerprint density at radius 1 is 0.919 bits per heavy atom. The molecule has 2 N–H and O–H groups in total. The Labute approximate surface area is 219 Å². The van der Waals surface area contributed by atoms with Crippen molar-refractivity contribution < 1.29 is 4.79 Å². The number of carbonyl (C=O) groups is 1. The zero-order chi connectivity index (χ0) is 25.5. The van der Waals surface area contributed by atoms with Crippen molar-refractivity contribution in [3.63, 3.8) is 0 Å². The van der Waals surface area contributed by atoms with Crippen LogP contribution < -0.4 is 10.7 Å². The molecule has 1 atom stereocenters. The van der Waals surface area contributed by atoms with Gasteiger partial charge in [-0.05, 0) is 36.1 Å². The molecule has 4 aromatic carbocycles. The number of nitrogens with one attached hydrogen (secondary N) is 2. The number of hydrogen-bond donors (Lipinski definition) is 2. The van der Waals surface area contributed by atoms with Crippen molar-refractivity contribution in [2.75, 3.05) is 5.32 Å². The second-order valence-corrected chi connectivity index (χ2v) is 9.66. The van der Waals surface area contributed by atoms with Crippen molar-refractivity contribution >= 4 is 40.3 Å². The lowest BCUT2D eigenvalue weighted by molar-refractivity contribution is -0.120. The van der Waals surface area contributed by atoms with Crippen LogP contribution in [0, 0.1) is 0 Å². The third-order valence-electron chi connectivity index (χ3n) is 5.78. The molecule has 1 aromatic heterocycles. The lowest BCUT2D eigenvalue weighted by Gasteiger charge is -2.14. The predicted octanol–water partition coefficient (Wildman–Crippen LogP) is 5.66. The third-order valence-corrected chi connectivity index (χ3v) is 6.82. The number of amides is 1. The molecule has 0 saturated heterocycles. The summed E-state index contributed by atoms with van der Waals surface area (Å²) >= 11 is 1.34. The Morgan fingerprint density at radius 3 is 2.43 bits per heavy atom. The van der Waals surface area contributed by atoms with Crippen LogP contribution in [0.4, 0.5) is 5.69 Å². The van der Waals surface area contributed by atoms with E-state index in [-0.39, 0.29) is 5.91 Å². The van der Waals surface area contributed by atoms with Gasteiger partial charge in [0, 0.05) is 16.8 Å². The lowest BCUT2D eigenvalue weighted by Crippen LogP contribution is -2.27. The van der Waals surface area contributed by atoms with E-state index in [2.05, 4.69) is 50.3 Å². The van der Waals surface area contributed by atoms with Crippen molar-refractivity contribution in [3.8, 4) is 5.69 Å². The van der Waals surface area contributed by atoms with E-state index in [1.54, 1.807) is 6.21 Å². The lowest BCUT2D eigenvalue weighted by atomic mass is 10.1. The molecule has 0 aliphatic heterocycles. The van der Waals surface area contributed by atoms with Crippen molar-refractivity contribution in [1.82, 2.24) is 20.2 Å². The molecule has 0 aliphatic carbocycles. The van der Waals surface area contributed by atoms with Crippen molar-refractivity contribution in [2.45, 2.75) is 23.9 Å². The van der Waals surface area contributed by atoms with Gasteiger partial charge >= 0.3 is 0 Å². The van der Waals surface area contributed by atoms with Gasteiger partial charge < -0.3 is 5.32 Å². The summed E-state index contributed by atoms with van der Waals surface area (Å²) in [7, 11) is 0. The molecule has 1 unspecified atom stereocenters. The highest BCUT2D eigenvalue weighted by molar-refractivity contribution is 8.00. The number of benzene rings is 4. The van der Waals surface area contributed by atoms with Gasteiger partial charge in [-0.3, -0.25) is 9.36 Å². The van der Waals surface area contributed by atoms with Crippen LogP contribution in [0.1, 0.15) is 18.3 Å². The maximum absolute atomic E-state index is 12.7. The molecule has 8 heteroatoms. The summed E-state index contributed by atoms with van der Waals surface area (Å²) in [6.07, 6.45) is 1.62. The highest BCUT2D eigenvalue weighted by atomic mass is 32.2. The molecule has 0 spiro atoms. The largest absolute Gasteiger partial charge is 0.377 e. The highest BCUT2D eigenvalue weighted by Crippen LogP contribution is 2.27. The van der Waals surface area contributed by atoms with Gasteiger partial charge in [0.05, 0.1) is 18.0 Å². The first-order chi connectivity index (χ1) is 18.2. The first-order valence-corrected chi connectivity index (χ1v) is 12.8. The summed E-state index contributed by atoms with van der Waals surface area (Å²) in [4.78, 5) is 12.7. The van der Waals surface area contributed by atoms with Gasteiger partial charge in [0.1, 0.15) is 0 Å². The van der Waals surface area contributed by atoms with Crippen molar-refractivity contribution in [2.24, 2.45) is 5.10 Å². The Balaban J connectivity index is 1.33. The van der Waals surface area contributed by atoms with Gasteiger partial charge in [-0.15, -0.1) is 10.2 Å². The number of anilines is 1. The number of hydrogen-bond acceptors (Lipinski definition) is 6. The van der Waals surface area contributed by atoms with Gasteiger partial charge in [0.25, 0.3) is 5.91 Å². The minimum Gasteiger partial charge on any atom is -0.377 e. The molecule has 184 valence electrons. The number of hydrazone groups is 1. The van der Waals surface area contributed by atoms with Crippen molar-refractivity contribution in [3.05, 3.63) is 115 Å². The van der Waals surface area contributed by atoms with Gasteiger partial charge in [0.15, 0.2) is 11.0 Å². The van der Waals surface area contributed by atoms with Crippen LogP contribution in [-0.4, -0.2) is 32.1 Å². The molecular formula is C29H26N6OS. The smallest absolute Gasteiger partial charge is 0.253 e. The molecule has 0 fully saturated rings. The molecule has 0 bridgehead atoms. The minimum absolute atomic E-state index is 0.213. The minimum atomic E-state index is -0.432. The van der Waals surface area contributed by atoms with E-state index in [1.165, 1.54) is 17.1 Å². The maximum atomic E-state index is 12.7. The summed E-state index contributed by atoms with van der Waals surface area (Å²) in [5.41, 5.74) is 5.49. The average Bonchev–Trinajstić information content (AvgIpc) is 3.35. The van der Waals surface area contributed by atoms with Gasteiger partial charge in [0.2, 0.25) is 0 Å². The van der Waals surface area contributed by atoms with Crippen molar-refractivity contribution in [1.29, 1.82) is 0 Å². The quantitative estimate of drug-likeness (QED) is 0.153. The third kappa shape index (κ3) is 5.87. The van der Waals surface area contributed by atoms with Crippen LogP contribution >= 0.6 is 11.8 Å². The SMILES string of the molecule is CC(Sc1nnc(CNc2cccc3ccccc23)n1-c1ccccc1)C(=O)N/N=C/c1ccccc1. The summed E-state index contributed by atoms with van der Waals surface area (Å²) in [6.45, 7) is 2.30. The van der Waals surface area contributed by atoms with Crippen LogP contribution in [0.25, 0.3) is 16.5 Å². The summed E-state index contributed by atoms with van der Waals surface area (Å²) < 4.78 is 1.99. The predicted molar refractivity (Wildman–Crippen MR) is 150 cm³/mol. The van der Waals surface area contributed by atoms with E-state index in [1.807, 2.05) is 90.4 Å². The number of para-hydroxylation sites is 1. The Hall–Kier alpha value is -4.43. The Morgan fingerprint density at radius 2 is 1.62 bits per heavy atom. The highest BCUT2D eigenvalue weighted by Gasteiger charge is 2.21. The second kappa shape index (κ2) is 11.5.